The van der Waals surface area contributed by atoms with Crippen molar-refractivity contribution in [3.63, 3.8) is 0 Å². The maximum atomic E-state index is 12.5. The van der Waals surface area contributed by atoms with Crippen molar-refractivity contribution in [2.24, 2.45) is 7.05 Å². The SMILES string of the molecule is Cn1nc2c(c1CNCC(O)COc1ccc(C(F)(F)F)cc1)CCC2. The van der Waals surface area contributed by atoms with E-state index in [1.807, 2.05) is 11.7 Å². The lowest BCUT2D eigenvalue weighted by Gasteiger charge is -2.14. The Bertz CT molecular complexity index is 741. The number of aliphatic hydroxyl groups is 1. The Labute approximate surface area is 149 Å². The van der Waals surface area contributed by atoms with Gasteiger partial charge in [0.15, 0.2) is 0 Å². The highest BCUT2D eigenvalue weighted by molar-refractivity contribution is 5.30. The molecule has 0 radical (unpaired) electrons. The fourth-order valence-corrected chi connectivity index (χ4v) is 3.16. The number of nitrogens with zero attached hydrogens (tertiary/aromatic N) is 2. The molecule has 0 amide bonds. The molecule has 2 aromatic rings. The van der Waals surface area contributed by atoms with Crippen LogP contribution < -0.4 is 10.1 Å². The molecular weight excluding hydrogens is 347 g/mol. The number of nitrogens with one attached hydrogen (secondary N) is 1. The van der Waals surface area contributed by atoms with Crippen LogP contribution in [0.4, 0.5) is 13.2 Å². The van der Waals surface area contributed by atoms with Gasteiger partial charge in [-0.1, -0.05) is 0 Å². The lowest BCUT2D eigenvalue weighted by Crippen LogP contribution is -2.31. The van der Waals surface area contributed by atoms with Crippen molar-refractivity contribution in [3.8, 4) is 5.75 Å². The van der Waals surface area contributed by atoms with E-state index in [1.54, 1.807) is 0 Å². The number of rotatable bonds is 7. The molecular formula is C18H22F3N3O2. The van der Waals surface area contributed by atoms with Crippen molar-refractivity contribution in [2.75, 3.05) is 13.2 Å². The molecule has 0 bridgehead atoms. The van der Waals surface area contributed by atoms with Crippen LogP contribution in [0.25, 0.3) is 0 Å². The molecule has 1 aliphatic rings. The predicted octanol–water partition coefficient (Wildman–Crippen LogP) is 2.46. The molecule has 2 N–H and O–H groups in total. The van der Waals surface area contributed by atoms with Gasteiger partial charge in [-0.2, -0.15) is 18.3 Å². The third-order valence-corrected chi connectivity index (χ3v) is 4.49. The second-order valence-electron chi connectivity index (χ2n) is 6.47. The Balaban J connectivity index is 1.43. The number of aromatic nitrogens is 2. The number of ether oxygens (including phenoxy) is 1. The van der Waals surface area contributed by atoms with E-state index in [9.17, 15) is 18.3 Å². The molecule has 1 unspecified atom stereocenters. The zero-order valence-corrected chi connectivity index (χ0v) is 14.5. The van der Waals surface area contributed by atoms with Crippen molar-refractivity contribution in [1.82, 2.24) is 15.1 Å². The van der Waals surface area contributed by atoms with Crippen LogP contribution in [-0.4, -0.2) is 34.1 Å². The summed E-state index contributed by atoms with van der Waals surface area (Å²) < 4.78 is 44.7. The van der Waals surface area contributed by atoms with Gasteiger partial charge in [-0.3, -0.25) is 4.68 Å². The number of alkyl halides is 3. The Kier molecular flexibility index (Phi) is 5.52. The number of benzene rings is 1. The number of hydrogen-bond donors (Lipinski definition) is 2. The standard InChI is InChI=1S/C18H22F3N3O2/c1-24-17(15-3-2-4-16(15)23-24)10-22-9-13(25)11-26-14-7-5-12(6-8-14)18(19,20)21/h5-8,13,22,25H,2-4,9-11H2,1H3. The molecule has 0 spiro atoms. The molecule has 1 aromatic carbocycles. The molecule has 0 fully saturated rings. The first-order valence-electron chi connectivity index (χ1n) is 8.57. The van der Waals surface area contributed by atoms with Crippen LogP contribution in [-0.2, 0) is 32.6 Å². The van der Waals surface area contributed by atoms with Gasteiger partial charge >= 0.3 is 6.18 Å². The van der Waals surface area contributed by atoms with Gasteiger partial charge in [0, 0.05) is 20.1 Å². The van der Waals surface area contributed by atoms with E-state index >= 15 is 0 Å². The maximum absolute atomic E-state index is 12.5. The fraction of sp³-hybridized carbons (Fsp3) is 0.500. The summed E-state index contributed by atoms with van der Waals surface area (Å²) in [5, 5.41) is 17.7. The predicted molar refractivity (Wildman–Crippen MR) is 89.9 cm³/mol. The highest BCUT2D eigenvalue weighted by Gasteiger charge is 2.30. The number of aliphatic hydroxyl groups excluding tert-OH is 1. The van der Waals surface area contributed by atoms with E-state index < -0.39 is 17.8 Å². The lowest BCUT2D eigenvalue weighted by molar-refractivity contribution is -0.137. The summed E-state index contributed by atoms with van der Waals surface area (Å²) >= 11 is 0. The van der Waals surface area contributed by atoms with Crippen LogP contribution in [0.15, 0.2) is 24.3 Å². The molecule has 0 saturated carbocycles. The molecule has 5 nitrogen and oxygen atoms in total. The minimum Gasteiger partial charge on any atom is -0.491 e. The van der Waals surface area contributed by atoms with E-state index in [1.165, 1.54) is 17.7 Å². The van der Waals surface area contributed by atoms with Crippen LogP contribution in [0.1, 0.15) is 28.9 Å². The summed E-state index contributed by atoms with van der Waals surface area (Å²) in [7, 11) is 1.92. The Morgan fingerprint density at radius 1 is 1.27 bits per heavy atom. The smallest absolute Gasteiger partial charge is 0.416 e. The largest absolute Gasteiger partial charge is 0.491 e. The summed E-state index contributed by atoms with van der Waals surface area (Å²) in [6, 6.07) is 4.43. The highest BCUT2D eigenvalue weighted by Crippen LogP contribution is 2.30. The molecule has 0 saturated heterocycles. The van der Waals surface area contributed by atoms with Crippen molar-refractivity contribution in [1.29, 1.82) is 0 Å². The Morgan fingerprint density at radius 3 is 2.69 bits per heavy atom. The van der Waals surface area contributed by atoms with Gasteiger partial charge in [-0.15, -0.1) is 0 Å². The first-order chi connectivity index (χ1) is 12.3. The molecule has 1 heterocycles. The van der Waals surface area contributed by atoms with Crippen LogP contribution in [0.5, 0.6) is 5.75 Å². The van der Waals surface area contributed by atoms with Crippen molar-refractivity contribution >= 4 is 0 Å². The van der Waals surface area contributed by atoms with Crippen molar-refractivity contribution in [2.45, 2.75) is 38.1 Å². The van der Waals surface area contributed by atoms with E-state index in [4.69, 9.17) is 4.74 Å². The molecule has 1 aromatic heterocycles. The number of aryl methyl sites for hydroxylation is 2. The molecule has 142 valence electrons. The Morgan fingerprint density at radius 2 is 2.00 bits per heavy atom. The van der Waals surface area contributed by atoms with E-state index in [0.717, 1.165) is 42.8 Å². The topological polar surface area (TPSA) is 59.3 Å². The second kappa shape index (κ2) is 7.67. The van der Waals surface area contributed by atoms with Crippen LogP contribution in [0, 0.1) is 0 Å². The minimum absolute atomic E-state index is 0.00184. The van der Waals surface area contributed by atoms with Crippen LogP contribution in [0.2, 0.25) is 0 Å². The Hall–Kier alpha value is -2.06. The molecule has 1 aliphatic carbocycles. The lowest BCUT2D eigenvalue weighted by atomic mass is 10.2. The third kappa shape index (κ3) is 4.37. The van der Waals surface area contributed by atoms with Gasteiger partial charge in [-0.25, -0.2) is 0 Å². The van der Waals surface area contributed by atoms with Gasteiger partial charge in [0.1, 0.15) is 18.5 Å². The first-order valence-corrected chi connectivity index (χ1v) is 8.57. The van der Waals surface area contributed by atoms with Gasteiger partial charge < -0.3 is 15.2 Å². The van der Waals surface area contributed by atoms with E-state index in [0.29, 0.717) is 18.8 Å². The molecule has 8 heteroatoms. The average molecular weight is 369 g/mol. The summed E-state index contributed by atoms with van der Waals surface area (Å²) in [5.41, 5.74) is 2.87. The van der Waals surface area contributed by atoms with Gasteiger partial charge in [-0.05, 0) is 49.1 Å². The summed E-state index contributed by atoms with van der Waals surface area (Å²) in [5.74, 6) is 0.293. The summed E-state index contributed by atoms with van der Waals surface area (Å²) in [6.07, 6.45) is -1.94. The van der Waals surface area contributed by atoms with Crippen LogP contribution >= 0.6 is 0 Å². The van der Waals surface area contributed by atoms with Gasteiger partial charge in [0.2, 0.25) is 0 Å². The van der Waals surface area contributed by atoms with E-state index in [-0.39, 0.29) is 6.61 Å². The first kappa shape index (κ1) is 18.7. The number of fused-ring (bicyclic) bond motifs is 1. The molecule has 0 aliphatic heterocycles. The molecule has 1 atom stereocenters. The zero-order chi connectivity index (χ0) is 18.7. The third-order valence-electron chi connectivity index (χ3n) is 4.49. The number of hydrogen-bond acceptors (Lipinski definition) is 4. The van der Waals surface area contributed by atoms with Crippen molar-refractivity contribution in [3.05, 3.63) is 46.8 Å². The highest BCUT2D eigenvalue weighted by atomic mass is 19.4. The molecule has 26 heavy (non-hydrogen) atoms. The zero-order valence-electron chi connectivity index (χ0n) is 14.5. The summed E-state index contributed by atoms with van der Waals surface area (Å²) in [6.45, 7) is 0.929. The van der Waals surface area contributed by atoms with Gasteiger partial charge in [0.25, 0.3) is 0 Å². The van der Waals surface area contributed by atoms with Crippen molar-refractivity contribution < 1.29 is 23.0 Å². The molecule has 3 rings (SSSR count). The summed E-state index contributed by atoms with van der Waals surface area (Å²) in [4.78, 5) is 0. The van der Waals surface area contributed by atoms with Crippen LogP contribution in [0.3, 0.4) is 0 Å². The normalized spacial score (nSPS) is 15.1. The number of halogens is 3. The minimum atomic E-state index is -4.37. The monoisotopic (exact) mass is 369 g/mol. The van der Waals surface area contributed by atoms with Gasteiger partial charge in [0.05, 0.1) is 17.0 Å². The average Bonchev–Trinajstić information content (AvgIpc) is 3.14. The fourth-order valence-electron chi connectivity index (χ4n) is 3.16. The van der Waals surface area contributed by atoms with E-state index in [2.05, 4.69) is 10.4 Å². The quantitative estimate of drug-likeness (QED) is 0.787. The second-order valence-corrected chi connectivity index (χ2v) is 6.47. The maximum Gasteiger partial charge on any atom is 0.416 e.